The van der Waals surface area contributed by atoms with Crippen molar-refractivity contribution in [3.05, 3.63) is 22.6 Å². The number of hydrogen-bond acceptors (Lipinski definition) is 9. The largest absolute Gasteiger partial charge is 0.463 e. The number of anilines is 1. The molecule has 2 N–H and O–H groups in total. The second-order valence-electron chi connectivity index (χ2n) is 7.74. The van der Waals surface area contributed by atoms with Crippen LogP contribution >= 0.6 is 11.3 Å². The van der Waals surface area contributed by atoms with Gasteiger partial charge in [0.25, 0.3) is 0 Å². The van der Waals surface area contributed by atoms with Crippen LogP contribution in [0.1, 0.15) is 23.4 Å². The molecular formula is C19H21F5N6O3S. The fourth-order valence-electron chi connectivity index (χ4n) is 3.47. The molecule has 15 heteroatoms. The van der Waals surface area contributed by atoms with Gasteiger partial charge in [-0.25, -0.2) is 0 Å². The molecule has 186 valence electrons. The molecule has 0 atom stereocenters. The maximum atomic E-state index is 13.9. The predicted octanol–water partition coefficient (Wildman–Crippen LogP) is 2.50. The minimum absolute atomic E-state index is 0.00441. The van der Waals surface area contributed by atoms with Crippen molar-refractivity contribution in [3.63, 3.8) is 0 Å². The van der Waals surface area contributed by atoms with Crippen molar-refractivity contribution in [2.45, 2.75) is 38.5 Å². The number of ether oxygens (including phenoxy) is 1. The number of alkyl halides is 5. The topological polar surface area (TPSA) is 109 Å². The summed E-state index contributed by atoms with van der Waals surface area (Å²) in [7, 11) is 0. The Morgan fingerprint density at radius 3 is 2.50 bits per heavy atom. The Kier molecular flexibility index (Phi) is 6.61. The van der Waals surface area contributed by atoms with Gasteiger partial charge >= 0.3 is 18.1 Å². The Hall–Kier alpha value is -2.65. The van der Waals surface area contributed by atoms with Gasteiger partial charge in [0, 0.05) is 23.9 Å². The van der Waals surface area contributed by atoms with Crippen LogP contribution in [0.25, 0.3) is 10.2 Å². The quantitative estimate of drug-likeness (QED) is 0.447. The van der Waals surface area contributed by atoms with Crippen LogP contribution in [0.4, 0.5) is 27.8 Å². The lowest BCUT2D eigenvalue weighted by Crippen LogP contribution is -2.40. The molecule has 4 rings (SSSR count). The summed E-state index contributed by atoms with van der Waals surface area (Å²) in [5, 5.41) is 25.9. The Morgan fingerprint density at radius 1 is 1.12 bits per heavy atom. The van der Waals surface area contributed by atoms with E-state index in [4.69, 9.17) is 4.74 Å². The van der Waals surface area contributed by atoms with Crippen molar-refractivity contribution in [2.75, 3.05) is 31.3 Å². The van der Waals surface area contributed by atoms with E-state index in [1.807, 2.05) is 13.0 Å². The van der Waals surface area contributed by atoms with E-state index >= 15 is 0 Å². The van der Waals surface area contributed by atoms with Crippen LogP contribution in [-0.4, -0.2) is 67.5 Å². The molecule has 1 aliphatic rings. The molecule has 0 saturated carbocycles. The van der Waals surface area contributed by atoms with Gasteiger partial charge in [0.2, 0.25) is 5.82 Å². The number of aromatic nitrogens is 5. The lowest BCUT2D eigenvalue weighted by molar-refractivity contribution is -0.293. The zero-order valence-electron chi connectivity index (χ0n) is 17.9. The molecule has 1 aliphatic heterocycles. The van der Waals surface area contributed by atoms with Crippen LogP contribution in [0, 0.1) is 5.92 Å². The Labute approximate surface area is 193 Å². The lowest BCUT2D eigenvalue weighted by Gasteiger charge is -2.30. The van der Waals surface area contributed by atoms with E-state index in [1.165, 1.54) is 11.3 Å². The zero-order chi connectivity index (χ0) is 24.7. The third-order valence-electron chi connectivity index (χ3n) is 5.41. The molecule has 0 aromatic carbocycles. The number of fused-ring (bicyclic) bond motifs is 2. The first-order valence-corrected chi connectivity index (χ1v) is 11.2. The Bertz CT molecular complexity index is 1160. The maximum absolute atomic E-state index is 13.9. The van der Waals surface area contributed by atoms with Crippen LogP contribution < -0.4 is 9.64 Å². The summed E-state index contributed by atoms with van der Waals surface area (Å²) < 4.78 is 72.6. The molecule has 9 nitrogen and oxygen atoms in total. The molecule has 3 aromatic heterocycles. The van der Waals surface area contributed by atoms with E-state index in [0.29, 0.717) is 16.0 Å². The van der Waals surface area contributed by atoms with Gasteiger partial charge in [0.15, 0.2) is 5.82 Å². The summed E-state index contributed by atoms with van der Waals surface area (Å²) >= 11 is 1.42. The zero-order valence-corrected chi connectivity index (χ0v) is 18.7. The van der Waals surface area contributed by atoms with Crippen molar-refractivity contribution >= 4 is 27.4 Å². The predicted molar refractivity (Wildman–Crippen MR) is 111 cm³/mol. The first-order valence-electron chi connectivity index (χ1n) is 10.4. The molecular weight excluding hydrogens is 487 g/mol. The second kappa shape index (κ2) is 9.19. The standard InChI is InChI=1S/C19H21F5N6O3S/c1-2-11-5-12-14(25-17(26-15(12)34-11)33-9-10(7-31)8-32)29-3-4-30-13(6-29)27-28-16(30)18(20,21)19(22,23)24/h5,10,31-32H,2-4,6-9H2,1H3. The van der Waals surface area contributed by atoms with E-state index in [0.717, 1.165) is 15.9 Å². The summed E-state index contributed by atoms with van der Waals surface area (Å²) in [5.41, 5.74) is 0. The van der Waals surface area contributed by atoms with Gasteiger partial charge in [-0.1, -0.05) is 6.92 Å². The smallest absolute Gasteiger partial charge is 0.461 e. The van der Waals surface area contributed by atoms with Crippen molar-refractivity contribution in [1.82, 2.24) is 24.7 Å². The molecule has 4 heterocycles. The van der Waals surface area contributed by atoms with Crippen LogP contribution in [0.3, 0.4) is 0 Å². The lowest BCUT2D eigenvalue weighted by atomic mass is 10.2. The number of hydrogen-bond donors (Lipinski definition) is 2. The van der Waals surface area contributed by atoms with E-state index in [-0.39, 0.29) is 51.3 Å². The van der Waals surface area contributed by atoms with Gasteiger partial charge in [-0.15, -0.1) is 21.5 Å². The molecule has 0 fully saturated rings. The van der Waals surface area contributed by atoms with Gasteiger partial charge in [0.1, 0.15) is 10.6 Å². The monoisotopic (exact) mass is 508 g/mol. The molecule has 3 aromatic rings. The molecule has 0 aliphatic carbocycles. The van der Waals surface area contributed by atoms with Gasteiger partial charge in [-0.2, -0.15) is 31.9 Å². The van der Waals surface area contributed by atoms with E-state index < -0.39 is 23.8 Å². The van der Waals surface area contributed by atoms with Crippen molar-refractivity contribution in [3.8, 4) is 6.01 Å². The molecule has 0 spiro atoms. The number of aryl methyl sites for hydroxylation is 1. The summed E-state index contributed by atoms with van der Waals surface area (Å²) in [4.78, 5) is 12.1. The number of nitrogens with zero attached hydrogens (tertiary/aromatic N) is 6. The van der Waals surface area contributed by atoms with E-state index in [2.05, 4.69) is 20.2 Å². The van der Waals surface area contributed by atoms with Crippen LogP contribution in [0.5, 0.6) is 6.01 Å². The third kappa shape index (κ3) is 4.38. The highest BCUT2D eigenvalue weighted by atomic mass is 32.1. The SMILES string of the molecule is CCc1cc2c(N3CCn4c(nnc4C(F)(F)C(F)(F)F)C3)nc(OCC(CO)CO)nc2s1. The number of halogens is 5. The second-order valence-corrected chi connectivity index (χ2v) is 8.86. The highest BCUT2D eigenvalue weighted by Gasteiger charge is 2.62. The maximum Gasteiger partial charge on any atom is 0.461 e. The number of aliphatic hydroxyl groups excluding tert-OH is 2. The van der Waals surface area contributed by atoms with Crippen molar-refractivity contribution < 1.29 is 36.9 Å². The Balaban J connectivity index is 1.67. The van der Waals surface area contributed by atoms with Crippen LogP contribution in [-0.2, 0) is 25.4 Å². The highest BCUT2D eigenvalue weighted by molar-refractivity contribution is 7.18. The normalized spacial score (nSPS) is 14.8. The number of rotatable bonds is 8. The Morgan fingerprint density at radius 2 is 1.85 bits per heavy atom. The first-order chi connectivity index (χ1) is 16.1. The fraction of sp³-hybridized carbons (Fsp3) is 0.579. The minimum Gasteiger partial charge on any atom is -0.463 e. The van der Waals surface area contributed by atoms with Gasteiger partial charge in [0.05, 0.1) is 31.8 Å². The van der Waals surface area contributed by atoms with Crippen molar-refractivity contribution in [2.24, 2.45) is 5.92 Å². The molecule has 0 saturated heterocycles. The van der Waals surface area contributed by atoms with Crippen molar-refractivity contribution in [1.29, 1.82) is 0 Å². The van der Waals surface area contributed by atoms with E-state index in [9.17, 15) is 32.2 Å². The number of aliphatic hydroxyl groups is 2. The third-order valence-corrected chi connectivity index (χ3v) is 6.58. The fourth-order valence-corrected chi connectivity index (χ4v) is 4.42. The summed E-state index contributed by atoms with van der Waals surface area (Å²) in [6.07, 6.45) is -5.05. The number of thiophene rings is 1. The van der Waals surface area contributed by atoms with Crippen LogP contribution in [0.15, 0.2) is 6.07 Å². The van der Waals surface area contributed by atoms with E-state index in [1.54, 1.807) is 4.90 Å². The summed E-state index contributed by atoms with van der Waals surface area (Å²) in [6.45, 7) is 1.12. The highest BCUT2D eigenvalue weighted by Crippen LogP contribution is 2.43. The minimum atomic E-state index is -5.78. The van der Waals surface area contributed by atoms with Crippen LogP contribution in [0.2, 0.25) is 0 Å². The summed E-state index contributed by atoms with van der Waals surface area (Å²) in [6, 6.07) is 1.89. The molecule has 0 unspecified atom stereocenters. The molecule has 0 bridgehead atoms. The average Bonchev–Trinajstić information content (AvgIpc) is 3.42. The molecule has 0 amide bonds. The van der Waals surface area contributed by atoms with Gasteiger partial charge in [-0.05, 0) is 12.5 Å². The van der Waals surface area contributed by atoms with Gasteiger partial charge < -0.3 is 24.4 Å². The average molecular weight is 508 g/mol. The van der Waals surface area contributed by atoms with Gasteiger partial charge in [-0.3, -0.25) is 0 Å². The molecule has 34 heavy (non-hydrogen) atoms. The molecule has 0 radical (unpaired) electrons. The first kappa shape index (κ1) is 24.5. The summed E-state index contributed by atoms with van der Waals surface area (Å²) in [5.74, 6) is -6.72.